The summed E-state index contributed by atoms with van der Waals surface area (Å²) in [5.74, 6) is 0. The van der Waals surface area contributed by atoms with Gasteiger partial charge in [-0.25, -0.2) is 4.68 Å². The van der Waals surface area contributed by atoms with Crippen molar-refractivity contribution in [3.05, 3.63) is 11.4 Å². The summed E-state index contributed by atoms with van der Waals surface area (Å²) in [7, 11) is 0. The number of nitriles is 1. The molecule has 5 nitrogen and oxygen atoms in total. The first-order chi connectivity index (χ1) is 6.74. The SMILES string of the molecule is CCC(CO)n1nnc(CC#N)c1C. The summed E-state index contributed by atoms with van der Waals surface area (Å²) in [6, 6.07) is 2.00. The summed E-state index contributed by atoms with van der Waals surface area (Å²) in [6.07, 6.45) is 1.07. The van der Waals surface area contributed by atoms with Gasteiger partial charge in [0, 0.05) is 0 Å². The standard InChI is InChI=1S/C9H14N4O/c1-3-8(6-14)13-7(2)9(4-5-10)11-12-13/h8,14H,3-4,6H2,1-2H3. The number of aliphatic hydroxyl groups is 1. The van der Waals surface area contributed by atoms with Gasteiger partial charge >= 0.3 is 0 Å². The first-order valence-corrected chi connectivity index (χ1v) is 4.63. The van der Waals surface area contributed by atoms with Crippen molar-refractivity contribution in [1.82, 2.24) is 15.0 Å². The van der Waals surface area contributed by atoms with E-state index in [2.05, 4.69) is 10.3 Å². The highest BCUT2D eigenvalue weighted by molar-refractivity contribution is 5.12. The third kappa shape index (κ3) is 1.91. The van der Waals surface area contributed by atoms with E-state index in [0.29, 0.717) is 5.69 Å². The van der Waals surface area contributed by atoms with Gasteiger partial charge in [0.15, 0.2) is 0 Å². The van der Waals surface area contributed by atoms with E-state index in [1.165, 1.54) is 0 Å². The number of rotatable bonds is 4. The molecule has 0 fully saturated rings. The van der Waals surface area contributed by atoms with E-state index < -0.39 is 0 Å². The lowest BCUT2D eigenvalue weighted by atomic mass is 10.2. The Labute approximate surface area is 83.0 Å². The summed E-state index contributed by atoms with van der Waals surface area (Å²) in [4.78, 5) is 0. The third-order valence-corrected chi connectivity index (χ3v) is 2.30. The van der Waals surface area contributed by atoms with E-state index in [-0.39, 0.29) is 19.1 Å². The van der Waals surface area contributed by atoms with Crippen LogP contribution in [0, 0.1) is 18.3 Å². The zero-order valence-corrected chi connectivity index (χ0v) is 8.43. The zero-order valence-electron chi connectivity index (χ0n) is 8.43. The molecule has 0 spiro atoms. The number of nitrogens with zero attached hydrogens (tertiary/aromatic N) is 4. The molecule has 1 unspecified atom stereocenters. The quantitative estimate of drug-likeness (QED) is 0.761. The Morgan fingerprint density at radius 2 is 2.36 bits per heavy atom. The molecule has 0 aliphatic rings. The van der Waals surface area contributed by atoms with Crippen LogP contribution in [0.5, 0.6) is 0 Å². The zero-order chi connectivity index (χ0) is 10.6. The van der Waals surface area contributed by atoms with Crippen LogP contribution in [0.2, 0.25) is 0 Å². The maximum atomic E-state index is 9.09. The van der Waals surface area contributed by atoms with Gasteiger partial charge in [0.25, 0.3) is 0 Å². The summed E-state index contributed by atoms with van der Waals surface area (Å²) in [6.45, 7) is 3.89. The largest absolute Gasteiger partial charge is 0.394 e. The van der Waals surface area contributed by atoms with Gasteiger partial charge < -0.3 is 5.11 Å². The van der Waals surface area contributed by atoms with Crippen molar-refractivity contribution in [2.24, 2.45) is 0 Å². The highest BCUT2D eigenvalue weighted by Gasteiger charge is 2.14. The van der Waals surface area contributed by atoms with Crippen molar-refractivity contribution in [2.75, 3.05) is 6.61 Å². The van der Waals surface area contributed by atoms with Crippen molar-refractivity contribution >= 4 is 0 Å². The van der Waals surface area contributed by atoms with Crippen molar-refractivity contribution in [2.45, 2.75) is 32.7 Å². The molecule has 1 atom stereocenters. The number of hydrogen-bond donors (Lipinski definition) is 1. The minimum absolute atomic E-state index is 0.0325. The minimum Gasteiger partial charge on any atom is -0.394 e. The van der Waals surface area contributed by atoms with E-state index in [0.717, 1.165) is 12.1 Å². The van der Waals surface area contributed by atoms with Crippen molar-refractivity contribution in [3.63, 3.8) is 0 Å². The summed E-state index contributed by atoms with van der Waals surface area (Å²) in [5, 5.41) is 25.5. The number of aromatic nitrogens is 3. The van der Waals surface area contributed by atoms with Crippen LogP contribution in [-0.2, 0) is 6.42 Å². The molecule has 1 rings (SSSR count). The van der Waals surface area contributed by atoms with Gasteiger partial charge in [-0.05, 0) is 13.3 Å². The van der Waals surface area contributed by atoms with Crippen molar-refractivity contribution in [1.29, 1.82) is 5.26 Å². The summed E-state index contributed by atoms with van der Waals surface area (Å²) in [5.41, 5.74) is 1.56. The lowest BCUT2D eigenvalue weighted by molar-refractivity contribution is 0.211. The second-order valence-corrected chi connectivity index (χ2v) is 3.15. The maximum absolute atomic E-state index is 9.09. The predicted octanol–water partition coefficient (Wildman–Crippen LogP) is 0.596. The molecule has 1 heterocycles. The van der Waals surface area contributed by atoms with Gasteiger partial charge in [-0.3, -0.25) is 0 Å². The molecular formula is C9H14N4O. The van der Waals surface area contributed by atoms with Gasteiger partial charge in [-0.15, -0.1) is 5.10 Å². The Morgan fingerprint density at radius 1 is 1.64 bits per heavy atom. The fourth-order valence-electron chi connectivity index (χ4n) is 1.34. The number of aliphatic hydroxyl groups excluding tert-OH is 1. The summed E-state index contributed by atoms with van der Waals surface area (Å²) >= 11 is 0. The predicted molar refractivity (Wildman–Crippen MR) is 50.5 cm³/mol. The molecule has 1 aromatic heterocycles. The average molecular weight is 194 g/mol. The average Bonchev–Trinajstić information content (AvgIpc) is 2.53. The Morgan fingerprint density at radius 3 is 2.86 bits per heavy atom. The molecule has 0 saturated carbocycles. The molecule has 0 radical (unpaired) electrons. The van der Waals surface area contributed by atoms with Gasteiger partial charge in [-0.2, -0.15) is 5.26 Å². The molecular weight excluding hydrogens is 180 g/mol. The molecule has 0 amide bonds. The van der Waals surface area contributed by atoms with Crippen LogP contribution in [0.25, 0.3) is 0 Å². The van der Waals surface area contributed by atoms with E-state index in [9.17, 15) is 0 Å². The van der Waals surface area contributed by atoms with E-state index >= 15 is 0 Å². The lowest BCUT2D eigenvalue weighted by Gasteiger charge is -2.12. The minimum atomic E-state index is -0.0325. The van der Waals surface area contributed by atoms with Crippen LogP contribution in [0.1, 0.15) is 30.8 Å². The van der Waals surface area contributed by atoms with Gasteiger partial charge in [0.05, 0.1) is 36.5 Å². The highest BCUT2D eigenvalue weighted by Crippen LogP contribution is 2.13. The molecule has 0 saturated heterocycles. The fourth-order valence-corrected chi connectivity index (χ4v) is 1.34. The Bertz CT molecular complexity index is 335. The van der Waals surface area contributed by atoms with E-state index in [1.54, 1.807) is 4.68 Å². The molecule has 0 bridgehead atoms. The van der Waals surface area contributed by atoms with Crippen LogP contribution in [-0.4, -0.2) is 26.7 Å². The maximum Gasteiger partial charge on any atom is 0.0996 e. The monoisotopic (exact) mass is 194 g/mol. The smallest absolute Gasteiger partial charge is 0.0996 e. The van der Waals surface area contributed by atoms with Gasteiger partial charge in [-0.1, -0.05) is 12.1 Å². The molecule has 1 N–H and O–H groups in total. The second kappa shape index (κ2) is 4.72. The first kappa shape index (κ1) is 10.7. The van der Waals surface area contributed by atoms with E-state index in [4.69, 9.17) is 10.4 Å². The topological polar surface area (TPSA) is 74.7 Å². The molecule has 0 aliphatic heterocycles. The fraction of sp³-hybridized carbons (Fsp3) is 0.667. The van der Waals surface area contributed by atoms with Crippen molar-refractivity contribution < 1.29 is 5.11 Å². The lowest BCUT2D eigenvalue weighted by Crippen LogP contribution is -2.15. The Balaban J connectivity index is 2.94. The van der Waals surface area contributed by atoms with Crippen LogP contribution in [0.3, 0.4) is 0 Å². The van der Waals surface area contributed by atoms with Crippen LogP contribution in [0.15, 0.2) is 0 Å². The third-order valence-electron chi connectivity index (χ3n) is 2.30. The Kier molecular flexibility index (Phi) is 3.60. The molecule has 0 aromatic carbocycles. The highest BCUT2D eigenvalue weighted by atomic mass is 16.3. The number of hydrogen-bond acceptors (Lipinski definition) is 4. The van der Waals surface area contributed by atoms with Crippen LogP contribution >= 0.6 is 0 Å². The molecule has 14 heavy (non-hydrogen) atoms. The van der Waals surface area contributed by atoms with Crippen LogP contribution < -0.4 is 0 Å². The Hall–Kier alpha value is -1.41. The van der Waals surface area contributed by atoms with E-state index in [1.807, 2.05) is 19.9 Å². The van der Waals surface area contributed by atoms with Gasteiger partial charge in [0.1, 0.15) is 0 Å². The second-order valence-electron chi connectivity index (χ2n) is 3.15. The summed E-state index contributed by atoms with van der Waals surface area (Å²) < 4.78 is 1.69. The van der Waals surface area contributed by atoms with Gasteiger partial charge in [0.2, 0.25) is 0 Å². The molecule has 1 aromatic rings. The molecule has 0 aliphatic carbocycles. The van der Waals surface area contributed by atoms with Crippen molar-refractivity contribution in [3.8, 4) is 6.07 Å². The molecule has 76 valence electrons. The normalized spacial score (nSPS) is 12.4. The molecule has 5 heteroatoms. The van der Waals surface area contributed by atoms with Crippen LogP contribution in [0.4, 0.5) is 0 Å². The first-order valence-electron chi connectivity index (χ1n) is 4.63.